The molecule has 2 fully saturated rings. The van der Waals surface area contributed by atoms with Crippen molar-refractivity contribution < 1.29 is 8.42 Å². The van der Waals surface area contributed by atoms with Crippen LogP contribution in [0.5, 0.6) is 0 Å². The molecule has 1 aromatic rings. The van der Waals surface area contributed by atoms with Gasteiger partial charge in [-0.05, 0) is 47.3 Å². The number of fused-ring (bicyclic) bond motifs is 1. The first kappa shape index (κ1) is 16.2. The highest BCUT2D eigenvalue weighted by Crippen LogP contribution is 2.28. The van der Waals surface area contributed by atoms with Crippen LogP contribution in [0.1, 0.15) is 12.8 Å². The standard InChI is InChI=1S/C12H16BrN3O2S.ClH/c13-10-5-11(7-14-6-10)19(17,18)16-4-2-12-9(8-16)1-3-15-12;/h5-7,9,12,15H,1-4,8H2;1H. The zero-order chi connectivity index (χ0) is 13.5. The Hall–Kier alpha value is -0.210. The molecular weight excluding hydrogens is 366 g/mol. The lowest BCUT2D eigenvalue weighted by Crippen LogP contribution is -2.46. The molecule has 1 aromatic heterocycles. The van der Waals surface area contributed by atoms with E-state index in [2.05, 4.69) is 26.2 Å². The Kier molecular flexibility index (Phi) is 5.07. The number of piperidine rings is 1. The monoisotopic (exact) mass is 381 g/mol. The lowest BCUT2D eigenvalue weighted by Gasteiger charge is -2.33. The molecule has 0 amide bonds. The maximum absolute atomic E-state index is 12.6. The Balaban J connectivity index is 0.00000147. The third-order valence-electron chi connectivity index (χ3n) is 3.94. The molecule has 3 rings (SSSR count). The summed E-state index contributed by atoms with van der Waals surface area (Å²) in [6.07, 6.45) is 4.96. The van der Waals surface area contributed by atoms with Gasteiger partial charge < -0.3 is 5.32 Å². The van der Waals surface area contributed by atoms with Crippen LogP contribution in [0.2, 0.25) is 0 Å². The lowest BCUT2D eigenvalue weighted by atomic mass is 9.95. The van der Waals surface area contributed by atoms with E-state index in [1.54, 1.807) is 16.6 Å². The van der Waals surface area contributed by atoms with E-state index in [9.17, 15) is 8.42 Å². The molecule has 0 spiro atoms. The fraction of sp³-hybridized carbons (Fsp3) is 0.583. The van der Waals surface area contributed by atoms with Gasteiger partial charge in [0.1, 0.15) is 4.90 Å². The van der Waals surface area contributed by atoms with Crippen LogP contribution in [0.25, 0.3) is 0 Å². The number of halogens is 2. The van der Waals surface area contributed by atoms with Crippen molar-refractivity contribution >= 4 is 38.4 Å². The number of sulfonamides is 1. The maximum Gasteiger partial charge on any atom is 0.244 e. The predicted octanol–water partition coefficient (Wildman–Crippen LogP) is 1.64. The topological polar surface area (TPSA) is 62.3 Å². The van der Waals surface area contributed by atoms with E-state index in [0.29, 0.717) is 29.5 Å². The van der Waals surface area contributed by atoms with Gasteiger partial charge in [0.25, 0.3) is 0 Å². The van der Waals surface area contributed by atoms with Crippen LogP contribution in [-0.4, -0.2) is 43.4 Å². The van der Waals surface area contributed by atoms with Crippen molar-refractivity contribution in [2.45, 2.75) is 23.8 Å². The van der Waals surface area contributed by atoms with Crippen molar-refractivity contribution in [3.63, 3.8) is 0 Å². The van der Waals surface area contributed by atoms with Gasteiger partial charge in [0, 0.05) is 36.0 Å². The molecule has 2 atom stereocenters. The summed E-state index contributed by atoms with van der Waals surface area (Å²) in [4.78, 5) is 4.22. The minimum Gasteiger partial charge on any atom is -0.314 e. The van der Waals surface area contributed by atoms with E-state index in [-0.39, 0.29) is 17.3 Å². The summed E-state index contributed by atoms with van der Waals surface area (Å²) in [5.74, 6) is 0.448. The number of hydrogen-bond donors (Lipinski definition) is 1. The minimum atomic E-state index is -3.41. The van der Waals surface area contributed by atoms with Gasteiger partial charge >= 0.3 is 0 Å². The molecular formula is C12H17BrClN3O2S. The lowest BCUT2D eigenvalue weighted by molar-refractivity contribution is 0.247. The molecule has 2 aliphatic rings. The molecule has 0 aliphatic carbocycles. The highest BCUT2D eigenvalue weighted by Gasteiger charge is 2.37. The highest BCUT2D eigenvalue weighted by molar-refractivity contribution is 9.10. The Labute approximate surface area is 133 Å². The van der Waals surface area contributed by atoms with Crippen LogP contribution in [0.4, 0.5) is 0 Å². The first-order valence-electron chi connectivity index (χ1n) is 6.41. The largest absolute Gasteiger partial charge is 0.314 e. The average molecular weight is 383 g/mol. The third-order valence-corrected chi connectivity index (χ3v) is 6.20. The van der Waals surface area contributed by atoms with Crippen LogP contribution < -0.4 is 5.32 Å². The molecule has 5 nitrogen and oxygen atoms in total. The quantitative estimate of drug-likeness (QED) is 0.844. The first-order valence-corrected chi connectivity index (χ1v) is 8.65. The molecule has 3 heterocycles. The summed E-state index contributed by atoms with van der Waals surface area (Å²) >= 11 is 3.27. The smallest absolute Gasteiger partial charge is 0.244 e. The molecule has 8 heteroatoms. The molecule has 0 bridgehead atoms. The summed E-state index contributed by atoms with van der Waals surface area (Å²) in [7, 11) is -3.41. The van der Waals surface area contributed by atoms with E-state index in [1.807, 2.05) is 0 Å². The van der Waals surface area contributed by atoms with Crippen molar-refractivity contribution in [2.75, 3.05) is 19.6 Å². The number of hydrogen-bond acceptors (Lipinski definition) is 4. The molecule has 0 aromatic carbocycles. The summed E-state index contributed by atoms with van der Waals surface area (Å²) < 4.78 is 27.4. The summed E-state index contributed by atoms with van der Waals surface area (Å²) in [5.41, 5.74) is 0. The second-order valence-electron chi connectivity index (χ2n) is 5.10. The van der Waals surface area contributed by atoms with Gasteiger partial charge in [0.05, 0.1) is 0 Å². The van der Waals surface area contributed by atoms with Crippen molar-refractivity contribution in [1.82, 2.24) is 14.6 Å². The Morgan fingerprint density at radius 3 is 2.90 bits per heavy atom. The first-order chi connectivity index (χ1) is 9.07. The fourth-order valence-corrected chi connectivity index (χ4v) is 4.93. The molecule has 2 aliphatic heterocycles. The van der Waals surface area contributed by atoms with Gasteiger partial charge in [-0.3, -0.25) is 4.98 Å². The van der Waals surface area contributed by atoms with Crippen LogP contribution in [-0.2, 0) is 10.0 Å². The Morgan fingerprint density at radius 1 is 1.35 bits per heavy atom. The SMILES string of the molecule is Cl.O=S(=O)(c1cncc(Br)c1)N1CCC2NCCC2C1. The van der Waals surface area contributed by atoms with E-state index in [0.717, 1.165) is 19.4 Å². The molecule has 0 radical (unpaired) electrons. The number of nitrogens with one attached hydrogen (secondary N) is 1. The molecule has 2 unspecified atom stereocenters. The van der Waals surface area contributed by atoms with Crippen LogP contribution in [0.3, 0.4) is 0 Å². The summed E-state index contributed by atoms with van der Waals surface area (Å²) in [6.45, 7) is 2.21. The summed E-state index contributed by atoms with van der Waals surface area (Å²) in [6, 6.07) is 2.11. The third kappa shape index (κ3) is 3.01. The van der Waals surface area contributed by atoms with Crippen molar-refractivity contribution in [3.8, 4) is 0 Å². The Bertz CT molecular complexity index is 584. The zero-order valence-corrected chi connectivity index (χ0v) is 14.0. The van der Waals surface area contributed by atoms with Crippen molar-refractivity contribution in [3.05, 3.63) is 22.9 Å². The van der Waals surface area contributed by atoms with Crippen LogP contribution >= 0.6 is 28.3 Å². The molecule has 0 saturated carbocycles. The summed E-state index contributed by atoms with van der Waals surface area (Å²) in [5, 5.41) is 3.44. The average Bonchev–Trinajstić information content (AvgIpc) is 2.85. The maximum atomic E-state index is 12.6. The number of rotatable bonds is 2. The zero-order valence-electron chi connectivity index (χ0n) is 10.8. The number of aromatic nitrogens is 1. The van der Waals surface area contributed by atoms with Crippen LogP contribution in [0, 0.1) is 5.92 Å². The van der Waals surface area contributed by atoms with Gasteiger partial charge in [-0.15, -0.1) is 12.4 Å². The number of pyridine rings is 1. The van der Waals surface area contributed by atoms with Crippen molar-refractivity contribution in [2.24, 2.45) is 5.92 Å². The van der Waals surface area contributed by atoms with E-state index < -0.39 is 10.0 Å². The predicted molar refractivity (Wildman–Crippen MR) is 82.5 cm³/mol. The van der Waals surface area contributed by atoms with Gasteiger partial charge in [-0.1, -0.05) is 0 Å². The van der Waals surface area contributed by atoms with E-state index in [1.165, 1.54) is 6.20 Å². The molecule has 1 N–H and O–H groups in total. The van der Waals surface area contributed by atoms with Gasteiger partial charge in [0.15, 0.2) is 0 Å². The normalized spacial score (nSPS) is 26.9. The van der Waals surface area contributed by atoms with E-state index in [4.69, 9.17) is 0 Å². The van der Waals surface area contributed by atoms with Crippen molar-refractivity contribution in [1.29, 1.82) is 0 Å². The Morgan fingerprint density at radius 2 is 2.15 bits per heavy atom. The fourth-order valence-electron chi connectivity index (χ4n) is 2.92. The molecule has 112 valence electrons. The van der Waals surface area contributed by atoms with Crippen LogP contribution in [0.15, 0.2) is 27.8 Å². The van der Waals surface area contributed by atoms with E-state index >= 15 is 0 Å². The van der Waals surface area contributed by atoms with Gasteiger partial charge in [-0.2, -0.15) is 4.31 Å². The molecule has 2 saturated heterocycles. The van der Waals surface area contributed by atoms with Gasteiger partial charge in [0.2, 0.25) is 10.0 Å². The second-order valence-corrected chi connectivity index (χ2v) is 7.95. The van der Waals surface area contributed by atoms with Gasteiger partial charge in [-0.25, -0.2) is 8.42 Å². The second kappa shape index (κ2) is 6.27. The number of nitrogens with zero attached hydrogens (tertiary/aromatic N) is 2. The highest BCUT2D eigenvalue weighted by atomic mass is 79.9. The minimum absolute atomic E-state index is 0. The molecule has 20 heavy (non-hydrogen) atoms.